The maximum absolute atomic E-state index is 4.52. The SMILES string of the molecule is CCNC(=NCCCN(C)C)NCCSC. The fourth-order valence-electron chi connectivity index (χ4n) is 1.19. The summed E-state index contributed by atoms with van der Waals surface area (Å²) in [5.41, 5.74) is 0. The van der Waals surface area contributed by atoms with Gasteiger partial charge in [-0.15, -0.1) is 0 Å². The van der Waals surface area contributed by atoms with Crippen LogP contribution in [-0.4, -0.2) is 63.1 Å². The van der Waals surface area contributed by atoms with Crippen molar-refractivity contribution in [2.45, 2.75) is 13.3 Å². The number of thioether (sulfide) groups is 1. The van der Waals surface area contributed by atoms with Crippen molar-refractivity contribution in [2.75, 3.05) is 52.3 Å². The minimum atomic E-state index is 0.882. The van der Waals surface area contributed by atoms with E-state index < -0.39 is 0 Å². The molecule has 0 saturated heterocycles. The Morgan fingerprint density at radius 1 is 1.31 bits per heavy atom. The fraction of sp³-hybridized carbons (Fsp3) is 0.909. The van der Waals surface area contributed by atoms with Gasteiger partial charge in [-0.3, -0.25) is 4.99 Å². The molecule has 0 aliphatic carbocycles. The molecule has 0 bridgehead atoms. The van der Waals surface area contributed by atoms with E-state index in [1.165, 1.54) is 0 Å². The number of nitrogens with zero attached hydrogens (tertiary/aromatic N) is 2. The Kier molecular flexibility index (Phi) is 10.8. The molecule has 0 unspecified atom stereocenters. The van der Waals surface area contributed by atoms with Crippen LogP contribution in [0.2, 0.25) is 0 Å². The lowest BCUT2D eigenvalue weighted by Crippen LogP contribution is -2.38. The van der Waals surface area contributed by atoms with Crippen molar-refractivity contribution in [1.29, 1.82) is 0 Å². The van der Waals surface area contributed by atoms with E-state index in [2.05, 4.69) is 47.8 Å². The van der Waals surface area contributed by atoms with E-state index >= 15 is 0 Å². The van der Waals surface area contributed by atoms with Crippen molar-refractivity contribution in [3.63, 3.8) is 0 Å². The zero-order valence-electron chi connectivity index (χ0n) is 11.0. The Hall–Kier alpha value is -0.420. The van der Waals surface area contributed by atoms with Gasteiger partial charge in [0.25, 0.3) is 0 Å². The number of nitrogens with one attached hydrogen (secondary N) is 2. The van der Waals surface area contributed by atoms with E-state index in [4.69, 9.17) is 0 Å². The standard InChI is InChI=1S/C11H26N4S/c1-5-12-11(14-8-10-16-4)13-7-6-9-15(2)3/h5-10H2,1-4H3,(H2,12,13,14). The summed E-state index contributed by atoms with van der Waals surface area (Å²) in [6.07, 6.45) is 3.22. The third-order valence-corrected chi connectivity index (χ3v) is 2.59. The van der Waals surface area contributed by atoms with Gasteiger partial charge in [-0.05, 0) is 40.2 Å². The second-order valence-electron chi connectivity index (χ2n) is 3.84. The molecule has 0 aromatic rings. The first kappa shape index (κ1) is 15.6. The summed E-state index contributed by atoms with van der Waals surface area (Å²) in [4.78, 5) is 6.70. The smallest absolute Gasteiger partial charge is 0.191 e. The highest BCUT2D eigenvalue weighted by Gasteiger charge is 1.95. The molecule has 96 valence electrons. The van der Waals surface area contributed by atoms with Crippen molar-refractivity contribution in [1.82, 2.24) is 15.5 Å². The molecule has 0 radical (unpaired) electrons. The molecule has 4 nitrogen and oxygen atoms in total. The molecule has 0 aliphatic rings. The largest absolute Gasteiger partial charge is 0.357 e. The Morgan fingerprint density at radius 3 is 2.62 bits per heavy atom. The van der Waals surface area contributed by atoms with Gasteiger partial charge < -0.3 is 15.5 Å². The van der Waals surface area contributed by atoms with Gasteiger partial charge in [0, 0.05) is 25.4 Å². The van der Waals surface area contributed by atoms with Gasteiger partial charge in [0.15, 0.2) is 5.96 Å². The first-order chi connectivity index (χ1) is 7.70. The number of hydrogen-bond donors (Lipinski definition) is 2. The summed E-state index contributed by atoms with van der Waals surface area (Å²) < 4.78 is 0. The van der Waals surface area contributed by atoms with Crippen LogP contribution in [-0.2, 0) is 0 Å². The van der Waals surface area contributed by atoms with Crippen molar-refractivity contribution >= 4 is 17.7 Å². The Labute approximate surface area is 104 Å². The maximum atomic E-state index is 4.52. The molecule has 0 aliphatic heterocycles. The average Bonchev–Trinajstić information content (AvgIpc) is 2.24. The monoisotopic (exact) mass is 246 g/mol. The molecule has 0 amide bonds. The van der Waals surface area contributed by atoms with Crippen LogP contribution < -0.4 is 10.6 Å². The molecule has 2 N–H and O–H groups in total. The fourth-order valence-corrected chi connectivity index (χ4v) is 1.50. The summed E-state index contributed by atoms with van der Waals surface area (Å²) in [5, 5.41) is 6.56. The van der Waals surface area contributed by atoms with Gasteiger partial charge in [-0.1, -0.05) is 0 Å². The molecule has 0 aromatic heterocycles. The molecular formula is C11H26N4S. The van der Waals surface area contributed by atoms with Crippen LogP contribution in [0.1, 0.15) is 13.3 Å². The van der Waals surface area contributed by atoms with Crippen LogP contribution in [0.5, 0.6) is 0 Å². The van der Waals surface area contributed by atoms with Crippen LogP contribution in [0.3, 0.4) is 0 Å². The molecular weight excluding hydrogens is 220 g/mol. The molecule has 16 heavy (non-hydrogen) atoms. The van der Waals surface area contributed by atoms with Crippen molar-refractivity contribution in [2.24, 2.45) is 4.99 Å². The van der Waals surface area contributed by atoms with E-state index in [1.807, 2.05) is 11.8 Å². The van der Waals surface area contributed by atoms with E-state index in [9.17, 15) is 0 Å². The summed E-state index contributed by atoms with van der Waals surface area (Å²) in [6.45, 7) is 5.95. The molecule has 0 fully saturated rings. The van der Waals surface area contributed by atoms with E-state index in [1.54, 1.807) is 0 Å². The minimum absolute atomic E-state index is 0.882. The normalized spacial score (nSPS) is 11.9. The molecule has 0 atom stereocenters. The van der Waals surface area contributed by atoms with Crippen molar-refractivity contribution in [3.05, 3.63) is 0 Å². The lowest BCUT2D eigenvalue weighted by molar-refractivity contribution is 0.403. The van der Waals surface area contributed by atoms with Gasteiger partial charge in [0.2, 0.25) is 0 Å². The Balaban J connectivity index is 3.74. The maximum Gasteiger partial charge on any atom is 0.191 e. The van der Waals surface area contributed by atoms with Crippen molar-refractivity contribution < 1.29 is 0 Å². The van der Waals surface area contributed by atoms with E-state index in [-0.39, 0.29) is 0 Å². The van der Waals surface area contributed by atoms with Crippen LogP contribution in [0.25, 0.3) is 0 Å². The number of rotatable bonds is 8. The van der Waals surface area contributed by atoms with Crippen LogP contribution in [0.15, 0.2) is 4.99 Å². The third-order valence-electron chi connectivity index (χ3n) is 1.98. The molecule has 0 heterocycles. The van der Waals surface area contributed by atoms with Gasteiger partial charge in [0.05, 0.1) is 0 Å². The van der Waals surface area contributed by atoms with Crippen LogP contribution >= 0.6 is 11.8 Å². The quantitative estimate of drug-likeness (QED) is 0.378. The molecule has 0 saturated carbocycles. The second kappa shape index (κ2) is 11.1. The first-order valence-corrected chi connectivity index (χ1v) is 7.26. The number of guanidine groups is 1. The van der Waals surface area contributed by atoms with Crippen LogP contribution in [0.4, 0.5) is 0 Å². The lowest BCUT2D eigenvalue weighted by atomic mass is 10.4. The first-order valence-electron chi connectivity index (χ1n) is 5.86. The summed E-state index contributed by atoms with van der Waals surface area (Å²) >= 11 is 1.84. The molecule has 0 rings (SSSR count). The van der Waals surface area contributed by atoms with Gasteiger partial charge in [-0.2, -0.15) is 11.8 Å². The predicted octanol–water partition coefficient (Wildman–Crippen LogP) is 0.856. The number of aliphatic imine (C=N–C) groups is 1. The van der Waals surface area contributed by atoms with Crippen molar-refractivity contribution in [3.8, 4) is 0 Å². The predicted molar refractivity (Wildman–Crippen MR) is 75.5 cm³/mol. The zero-order valence-corrected chi connectivity index (χ0v) is 11.9. The third kappa shape index (κ3) is 10.1. The zero-order chi connectivity index (χ0) is 12.2. The second-order valence-corrected chi connectivity index (χ2v) is 4.82. The topological polar surface area (TPSA) is 39.7 Å². The van der Waals surface area contributed by atoms with E-state index in [0.29, 0.717) is 0 Å². The molecule has 0 spiro atoms. The van der Waals surface area contributed by atoms with Gasteiger partial charge in [-0.25, -0.2) is 0 Å². The lowest BCUT2D eigenvalue weighted by Gasteiger charge is -2.11. The van der Waals surface area contributed by atoms with E-state index in [0.717, 1.165) is 44.3 Å². The van der Waals surface area contributed by atoms with Crippen LogP contribution in [0, 0.1) is 0 Å². The van der Waals surface area contributed by atoms with Gasteiger partial charge >= 0.3 is 0 Å². The Bertz CT molecular complexity index is 183. The molecule has 0 aromatic carbocycles. The highest BCUT2D eigenvalue weighted by atomic mass is 32.2. The number of hydrogen-bond acceptors (Lipinski definition) is 3. The summed E-state index contributed by atoms with van der Waals surface area (Å²) in [5.74, 6) is 2.05. The molecule has 5 heteroatoms. The van der Waals surface area contributed by atoms with Gasteiger partial charge in [0.1, 0.15) is 0 Å². The highest BCUT2D eigenvalue weighted by molar-refractivity contribution is 7.98. The highest BCUT2D eigenvalue weighted by Crippen LogP contribution is 1.88. The summed E-state index contributed by atoms with van der Waals surface area (Å²) in [6, 6.07) is 0. The average molecular weight is 246 g/mol. The Morgan fingerprint density at radius 2 is 2.06 bits per heavy atom. The minimum Gasteiger partial charge on any atom is -0.357 e. The summed E-state index contributed by atoms with van der Waals surface area (Å²) in [7, 11) is 4.18.